The Bertz CT molecular complexity index is 922. The number of hydrogen-bond donors (Lipinski definition) is 0. The number of carboxylic acids is 1. The maximum atomic E-state index is 12.1. The first-order chi connectivity index (χ1) is 12.5. The van der Waals surface area contributed by atoms with E-state index in [1.807, 2.05) is 6.07 Å². The van der Waals surface area contributed by atoms with Gasteiger partial charge in [-0.05, 0) is 23.8 Å². The summed E-state index contributed by atoms with van der Waals surface area (Å²) >= 11 is 1.01. The summed E-state index contributed by atoms with van der Waals surface area (Å²) in [5, 5.41) is 11.9. The maximum absolute atomic E-state index is 12.1. The summed E-state index contributed by atoms with van der Waals surface area (Å²) < 4.78 is 28.6. The molecule has 0 atom stereocenters. The Hall–Kier alpha value is -3.06. The van der Waals surface area contributed by atoms with Crippen LogP contribution in [0, 0.1) is 0 Å². The zero-order chi connectivity index (χ0) is 18.5. The molecule has 26 heavy (non-hydrogen) atoms. The van der Waals surface area contributed by atoms with Crippen molar-refractivity contribution in [2.45, 2.75) is 6.61 Å². The summed E-state index contributed by atoms with van der Waals surface area (Å²) in [6, 6.07) is 15.0. The molecule has 0 aliphatic rings. The van der Waals surface area contributed by atoms with E-state index in [1.54, 1.807) is 48.6 Å². The highest BCUT2D eigenvalue weighted by Crippen LogP contribution is 2.29. The number of carbonyl (C=O) groups excluding carboxylic acids is 1. The van der Waals surface area contributed by atoms with Gasteiger partial charge in [0.25, 0.3) is 0 Å². The number of alkyl halides is 2. The van der Waals surface area contributed by atoms with Gasteiger partial charge in [-0.1, -0.05) is 48.5 Å². The average molecular weight is 372 g/mol. The Morgan fingerprint density at radius 2 is 1.77 bits per heavy atom. The van der Waals surface area contributed by atoms with Crippen molar-refractivity contribution in [1.82, 2.24) is 4.98 Å². The van der Waals surface area contributed by atoms with Crippen LogP contribution in [0.25, 0.3) is 23.4 Å². The van der Waals surface area contributed by atoms with E-state index in [0.29, 0.717) is 16.3 Å². The van der Waals surface area contributed by atoms with Crippen molar-refractivity contribution in [2.75, 3.05) is 0 Å². The minimum atomic E-state index is -2.87. The number of rotatable bonds is 6. The molecular weight excluding hydrogens is 360 g/mol. The van der Waals surface area contributed by atoms with Crippen LogP contribution in [-0.2, 0) is 0 Å². The van der Waals surface area contributed by atoms with Gasteiger partial charge >= 0.3 is 6.61 Å². The lowest BCUT2D eigenvalue weighted by Gasteiger charge is -2.03. The van der Waals surface area contributed by atoms with Crippen LogP contribution in [0.2, 0.25) is 0 Å². The second-order valence-corrected chi connectivity index (χ2v) is 6.19. The van der Waals surface area contributed by atoms with Crippen molar-refractivity contribution >= 4 is 29.5 Å². The van der Waals surface area contributed by atoms with Crippen LogP contribution in [-0.4, -0.2) is 17.6 Å². The fourth-order valence-corrected chi connectivity index (χ4v) is 3.09. The number of carbonyl (C=O) groups is 1. The van der Waals surface area contributed by atoms with Gasteiger partial charge in [-0.15, -0.1) is 11.3 Å². The van der Waals surface area contributed by atoms with Gasteiger partial charge < -0.3 is 14.6 Å². The first-order valence-electron chi connectivity index (χ1n) is 7.53. The SMILES string of the molecule is O=C([O-])c1sc(/C=C/c2ccc(OC(F)F)cc2)nc1-c1ccccc1. The van der Waals surface area contributed by atoms with Crippen molar-refractivity contribution in [3.63, 3.8) is 0 Å². The molecule has 0 aliphatic carbocycles. The van der Waals surface area contributed by atoms with E-state index in [1.165, 1.54) is 12.1 Å². The number of nitrogens with zero attached hydrogens (tertiary/aromatic N) is 1. The molecule has 0 radical (unpaired) electrons. The largest absolute Gasteiger partial charge is 0.544 e. The van der Waals surface area contributed by atoms with Gasteiger partial charge in [-0.2, -0.15) is 8.78 Å². The maximum Gasteiger partial charge on any atom is 0.387 e. The Morgan fingerprint density at radius 3 is 2.38 bits per heavy atom. The third kappa shape index (κ3) is 4.31. The third-order valence-corrected chi connectivity index (χ3v) is 4.40. The zero-order valence-corrected chi connectivity index (χ0v) is 14.1. The van der Waals surface area contributed by atoms with Crippen LogP contribution < -0.4 is 9.84 Å². The molecule has 0 unspecified atom stereocenters. The van der Waals surface area contributed by atoms with Crippen molar-refractivity contribution in [3.8, 4) is 17.0 Å². The highest BCUT2D eigenvalue weighted by molar-refractivity contribution is 7.14. The first kappa shape index (κ1) is 17.8. The molecule has 0 fully saturated rings. The van der Waals surface area contributed by atoms with Crippen LogP contribution in [0.1, 0.15) is 20.2 Å². The van der Waals surface area contributed by atoms with Gasteiger partial charge in [-0.3, -0.25) is 0 Å². The topological polar surface area (TPSA) is 62.2 Å². The van der Waals surface area contributed by atoms with Gasteiger partial charge in [0.2, 0.25) is 0 Å². The number of hydrogen-bond acceptors (Lipinski definition) is 5. The molecule has 0 N–H and O–H groups in total. The molecule has 0 amide bonds. The quantitative estimate of drug-likeness (QED) is 0.657. The summed E-state index contributed by atoms with van der Waals surface area (Å²) in [5.74, 6) is -1.22. The predicted molar refractivity (Wildman–Crippen MR) is 93.9 cm³/mol. The van der Waals surface area contributed by atoms with Crippen molar-refractivity contribution in [1.29, 1.82) is 0 Å². The van der Waals surface area contributed by atoms with E-state index >= 15 is 0 Å². The Balaban J connectivity index is 1.84. The smallest absolute Gasteiger partial charge is 0.387 e. The van der Waals surface area contributed by atoms with E-state index in [2.05, 4.69) is 9.72 Å². The van der Waals surface area contributed by atoms with E-state index in [9.17, 15) is 18.7 Å². The Kier molecular flexibility index (Phi) is 5.38. The summed E-state index contributed by atoms with van der Waals surface area (Å²) in [4.78, 5) is 15.8. The molecule has 0 spiro atoms. The lowest BCUT2D eigenvalue weighted by molar-refractivity contribution is -0.254. The molecule has 0 bridgehead atoms. The molecule has 0 aliphatic heterocycles. The van der Waals surface area contributed by atoms with Crippen molar-refractivity contribution in [3.05, 3.63) is 70.0 Å². The van der Waals surface area contributed by atoms with Crippen molar-refractivity contribution in [2.24, 2.45) is 0 Å². The Labute approximate surface area is 152 Å². The molecule has 1 heterocycles. The highest BCUT2D eigenvalue weighted by Gasteiger charge is 2.12. The van der Waals surface area contributed by atoms with Gasteiger partial charge in [0, 0.05) is 5.56 Å². The summed E-state index contributed by atoms with van der Waals surface area (Å²) in [5.41, 5.74) is 1.78. The van der Waals surface area contributed by atoms with Gasteiger partial charge in [0.15, 0.2) is 0 Å². The number of benzene rings is 2. The van der Waals surface area contributed by atoms with E-state index in [0.717, 1.165) is 16.9 Å². The molecule has 2 aromatic carbocycles. The number of aromatic carboxylic acids is 1. The minimum Gasteiger partial charge on any atom is -0.544 e. The van der Waals surface area contributed by atoms with Crippen LogP contribution in [0.15, 0.2) is 54.6 Å². The molecule has 3 rings (SSSR count). The van der Waals surface area contributed by atoms with Gasteiger partial charge in [0.05, 0.1) is 16.5 Å². The minimum absolute atomic E-state index is 0.0523. The Morgan fingerprint density at radius 1 is 1.08 bits per heavy atom. The first-order valence-corrected chi connectivity index (χ1v) is 8.35. The molecule has 0 saturated heterocycles. The normalized spacial score (nSPS) is 11.2. The third-order valence-electron chi connectivity index (χ3n) is 3.40. The highest BCUT2D eigenvalue weighted by atomic mass is 32.1. The second-order valence-electron chi connectivity index (χ2n) is 5.16. The number of carboxylic acid groups (broad SMARTS) is 1. The fraction of sp³-hybridized carbons (Fsp3) is 0.0526. The molecule has 0 saturated carbocycles. The lowest BCUT2D eigenvalue weighted by atomic mass is 10.1. The summed E-state index contributed by atoms with van der Waals surface area (Å²) in [7, 11) is 0. The number of aromatic nitrogens is 1. The van der Waals surface area contributed by atoms with E-state index in [4.69, 9.17) is 0 Å². The van der Waals surface area contributed by atoms with E-state index < -0.39 is 12.6 Å². The summed E-state index contributed by atoms with van der Waals surface area (Å²) in [6.45, 7) is -2.87. The average Bonchev–Trinajstić information content (AvgIpc) is 3.06. The van der Waals surface area contributed by atoms with Crippen LogP contribution >= 0.6 is 11.3 Å². The van der Waals surface area contributed by atoms with Crippen molar-refractivity contribution < 1.29 is 23.4 Å². The summed E-state index contributed by atoms with van der Waals surface area (Å²) in [6.07, 6.45) is 3.37. The molecule has 3 aromatic rings. The van der Waals surface area contributed by atoms with Crippen LogP contribution in [0.3, 0.4) is 0 Å². The molecule has 1 aromatic heterocycles. The van der Waals surface area contributed by atoms with Gasteiger partial charge in [-0.25, -0.2) is 4.98 Å². The lowest BCUT2D eigenvalue weighted by Crippen LogP contribution is -2.21. The number of halogens is 2. The number of thiazole rings is 1. The molecule has 4 nitrogen and oxygen atoms in total. The number of ether oxygens (including phenoxy) is 1. The predicted octanol–water partition coefficient (Wildman–Crippen LogP) is 3.95. The van der Waals surface area contributed by atoms with E-state index in [-0.39, 0.29) is 10.6 Å². The van der Waals surface area contributed by atoms with Crippen LogP contribution in [0.5, 0.6) is 5.75 Å². The fourth-order valence-electron chi connectivity index (χ4n) is 2.27. The molecular formula is C19H12F2NO3S-. The molecule has 7 heteroatoms. The molecule has 132 valence electrons. The van der Waals surface area contributed by atoms with Crippen LogP contribution in [0.4, 0.5) is 8.78 Å². The standard InChI is InChI=1S/C19H13F2NO3S/c20-19(21)25-14-9-6-12(7-10-14)8-11-15-22-16(17(26-15)18(23)24)13-4-2-1-3-5-13/h1-11,19H,(H,23,24)/p-1/b11-8+. The van der Waals surface area contributed by atoms with Gasteiger partial charge in [0.1, 0.15) is 10.8 Å². The zero-order valence-electron chi connectivity index (χ0n) is 13.3. The monoisotopic (exact) mass is 372 g/mol. The second kappa shape index (κ2) is 7.88.